The Morgan fingerprint density at radius 2 is 2.12 bits per heavy atom. The fourth-order valence-electron chi connectivity index (χ4n) is 2.58. The molecule has 1 aliphatic heterocycles. The molecule has 1 saturated heterocycles. The van der Waals surface area contributed by atoms with Crippen LogP contribution in [0, 0.1) is 0 Å². The van der Waals surface area contributed by atoms with Crippen LogP contribution in [0.2, 0.25) is 0 Å². The molecule has 1 fully saturated rings. The minimum absolute atomic E-state index is 0.193. The zero-order chi connectivity index (χ0) is 16.2. The summed E-state index contributed by atoms with van der Waals surface area (Å²) in [5, 5.41) is 13.5. The van der Waals surface area contributed by atoms with E-state index in [1.807, 2.05) is 36.4 Å². The largest absolute Gasteiger partial charge is 0.376 e. The maximum absolute atomic E-state index is 5.66. The molecule has 0 unspecified atom stereocenters. The molecular formula is C16H16N6OS. The Morgan fingerprint density at radius 3 is 2.96 bits per heavy atom. The van der Waals surface area contributed by atoms with Crippen molar-refractivity contribution in [3.63, 3.8) is 0 Å². The van der Waals surface area contributed by atoms with Crippen molar-refractivity contribution in [1.29, 1.82) is 0 Å². The van der Waals surface area contributed by atoms with E-state index in [9.17, 15) is 0 Å². The average molecular weight is 340 g/mol. The molecule has 0 N–H and O–H groups in total. The van der Waals surface area contributed by atoms with Crippen LogP contribution in [0.15, 0.2) is 52.8 Å². The Morgan fingerprint density at radius 1 is 1.21 bits per heavy atom. The van der Waals surface area contributed by atoms with Gasteiger partial charge in [0.1, 0.15) is 5.03 Å². The standard InChI is InChI=1S/C16H16N6OS/c1-2-5-12(6-3-1)15-17-9-8-14(18-15)24-16-19-20-21-22(16)11-13-7-4-10-23-13/h1-3,5-6,8-9,13H,4,7,10-11H2/t13-/m0/s1. The molecule has 0 saturated carbocycles. The average Bonchev–Trinajstić information content (AvgIpc) is 3.29. The predicted molar refractivity (Wildman–Crippen MR) is 88.4 cm³/mol. The van der Waals surface area contributed by atoms with Gasteiger partial charge in [0.25, 0.3) is 0 Å². The van der Waals surface area contributed by atoms with Gasteiger partial charge in [-0.1, -0.05) is 30.3 Å². The molecule has 24 heavy (non-hydrogen) atoms. The first-order valence-electron chi connectivity index (χ1n) is 7.82. The van der Waals surface area contributed by atoms with Crippen LogP contribution in [0.4, 0.5) is 0 Å². The SMILES string of the molecule is c1ccc(-c2nccc(Sc3nnnn3C[C@@H]3CCCO3)n2)cc1. The van der Waals surface area contributed by atoms with Crippen LogP contribution in [0.25, 0.3) is 11.4 Å². The van der Waals surface area contributed by atoms with E-state index >= 15 is 0 Å². The number of nitrogens with zero attached hydrogens (tertiary/aromatic N) is 6. The summed E-state index contributed by atoms with van der Waals surface area (Å²) in [5.74, 6) is 0.693. The predicted octanol–water partition coefficient (Wildman–Crippen LogP) is 2.46. The van der Waals surface area contributed by atoms with Gasteiger partial charge in [-0.25, -0.2) is 14.6 Å². The Bertz CT molecular complexity index is 803. The second-order valence-electron chi connectivity index (χ2n) is 5.47. The molecule has 0 radical (unpaired) electrons. The molecule has 7 nitrogen and oxygen atoms in total. The maximum atomic E-state index is 5.66. The fraction of sp³-hybridized carbons (Fsp3) is 0.312. The summed E-state index contributed by atoms with van der Waals surface area (Å²) in [5.41, 5.74) is 0.985. The normalized spacial score (nSPS) is 17.2. The van der Waals surface area contributed by atoms with Gasteiger partial charge >= 0.3 is 0 Å². The van der Waals surface area contributed by atoms with E-state index in [-0.39, 0.29) is 6.10 Å². The van der Waals surface area contributed by atoms with Crippen molar-refractivity contribution in [2.75, 3.05) is 6.61 Å². The van der Waals surface area contributed by atoms with Crippen LogP contribution in [0.5, 0.6) is 0 Å². The van der Waals surface area contributed by atoms with Gasteiger partial charge in [0, 0.05) is 18.4 Å². The first-order chi connectivity index (χ1) is 11.9. The van der Waals surface area contributed by atoms with Crippen molar-refractivity contribution in [2.45, 2.75) is 35.7 Å². The Hall–Kier alpha value is -2.32. The monoisotopic (exact) mass is 340 g/mol. The third-order valence-corrected chi connectivity index (χ3v) is 4.67. The summed E-state index contributed by atoms with van der Waals surface area (Å²) in [4.78, 5) is 8.94. The van der Waals surface area contributed by atoms with Crippen molar-refractivity contribution >= 4 is 11.8 Å². The second kappa shape index (κ2) is 7.06. The molecule has 3 heterocycles. The Kier molecular flexibility index (Phi) is 4.48. The molecule has 0 bridgehead atoms. The fourth-order valence-corrected chi connectivity index (χ4v) is 3.33. The summed E-state index contributed by atoms with van der Waals surface area (Å²) in [6.07, 6.45) is 4.10. The van der Waals surface area contributed by atoms with Crippen LogP contribution in [-0.4, -0.2) is 42.9 Å². The summed E-state index contributed by atoms with van der Waals surface area (Å²) in [6.45, 7) is 1.49. The molecule has 4 rings (SSSR count). The van der Waals surface area contributed by atoms with Crippen molar-refractivity contribution in [3.8, 4) is 11.4 Å². The Balaban J connectivity index is 1.53. The number of rotatable bonds is 5. The van der Waals surface area contributed by atoms with Crippen LogP contribution < -0.4 is 0 Å². The number of hydrogen-bond acceptors (Lipinski definition) is 7. The van der Waals surface area contributed by atoms with Crippen molar-refractivity contribution in [2.24, 2.45) is 0 Å². The zero-order valence-corrected chi connectivity index (χ0v) is 13.8. The zero-order valence-electron chi connectivity index (χ0n) is 12.9. The summed E-state index contributed by atoms with van der Waals surface area (Å²) < 4.78 is 7.44. The van der Waals surface area contributed by atoms with Crippen LogP contribution in [-0.2, 0) is 11.3 Å². The van der Waals surface area contributed by atoms with Gasteiger partial charge in [0.15, 0.2) is 5.82 Å². The molecular weight excluding hydrogens is 324 g/mol. The lowest BCUT2D eigenvalue weighted by atomic mass is 10.2. The topological polar surface area (TPSA) is 78.6 Å². The summed E-state index contributed by atoms with van der Waals surface area (Å²) in [6, 6.07) is 11.8. The van der Waals surface area contributed by atoms with E-state index in [1.165, 1.54) is 11.8 Å². The van der Waals surface area contributed by atoms with Gasteiger partial charge in [0.2, 0.25) is 5.16 Å². The molecule has 1 aromatic carbocycles. The maximum Gasteiger partial charge on any atom is 0.215 e. The molecule has 3 aromatic rings. The van der Waals surface area contributed by atoms with E-state index < -0.39 is 0 Å². The summed E-state index contributed by atoms with van der Waals surface area (Å²) in [7, 11) is 0. The van der Waals surface area contributed by atoms with E-state index in [2.05, 4.69) is 25.5 Å². The highest BCUT2D eigenvalue weighted by atomic mass is 32.2. The number of aromatic nitrogens is 6. The highest BCUT2D eigenvalue weighted by Gasteiger charge is 2.19. The molecule has 0 amide bonds. The molecule has 0 aliphatic carbocycles. The molecule has 8 heteroatoms. The number of ether oxygens (including phenoxy) is 1. The molecule has 0 spiro atoms. The van der Waals surface area contributed by atoms with E-state index in [0.717, 1.165) is 30.0 Å². The van der Waals surface area contributed by atoms with Gasteiger partial charge < -0.3 is 4.74 Å². The van der Waals surface area contributed by atoms with Gasteiger partial charge in [-0.3, -0.25) is 0 Å². The van der Waals surface area contributed by atoms with E-state index in [4.69, 9.17) is 4.74 Å². The minimum Gasteiger partial charge on any atom is -0.376 e. The van der Waals surface area contributed by atoms with E-state index in [1.54, 1.807) is 10.9 Å². The van der Waals surface area contributed by atoms with Gasteiger partial charge in [-0.15, -0.1) is 5.10 Å². The first-order valence-corrected chi connectivity index (χ1v) is 8.64. The van der Waals surface area contributed by atoms with Crippen LogP contribution in [0.1, 0.15) is 12.8 Å². The van der Waals surface area contributed by atoms with Crippen LogP contribution in [0.3, 0.4) is 0 Å². The third kappa shape index (κ3) is 3.44. The van der Waals surface area contributed by atoms with E-state index in [0.29, 0.717) is 17.5 Å². The Labute approximate surface area is 143 Å². The first kappa shape index (κ1) is 15.2. The lowest BCUT2D eigenvalue weighted by molar-refractivity contribution is 0.0912. The summed E-state index contributed by atoms with van der Waals surface area (Å²) >= 11 is 1.43. The lowest BCUT2D eigenvalue weighted by Gasteiger charge is -2.09. The van der Waals surface area contributed by atoms with Gasteiger partial charge in [-0.05, 0) is 41.1 Å². The number of hydrogen-bond donors (Lipinski definition) is 0. The lowest BCUT2D eigenvalue weighted by Crippen LogP contribution is -2.16. The van der Waals surface area contributed by atoms with Crippen molar-refractivity contribution < 1.29 is 4.74 Å². The smallest absolute Gasteiger partial charge is 0.215 e. The quantitative estimate of drug-likeness (QED) is 0.660. The van der Waals surface area contributed by atoms with Crippen LogP contribution >= 0.6 is 11.8 Å². The highest BCUT2D eigenvalue weighted by Crippen LogP contribution is 2.26. The minimum atomic E-state index is 0.193. The second-order valence-corrected chi connectivity index (χ2v) is 6.45. The van der Waals surface area contributed by atoms with Crippen molar-refractivity contribution in [1.82, 2.24) is 30.2 Å². The van der Waals surface area contributed by atoms with Gasteiger partial charge in [0.05, 0.1) is 12.6 Å². The van der Waals surface area contributed by atoms with Gasteiger partial charge in [-0.2, -0.15) is 0 Å². The number of tetrazole rings is 1. The number of benzene rings is 1. The molecule has 122 valence electrons. The molecule has 1 aliphatic rings. The highest BCUT2D eigenvalue weighted by molar-refractivity contribution is 7.99. The molecule has 1 atom stereocenters. The van der Waals surface area contributed by atoms with Crippen molar-refractivity contribution in [3.05, 3.63) is 42.6 Å². The third-order valence-electron chi connectivity index (χ3n) is 3.76. The molecule has 2 aromatic heterocycles.